The average Bonchev–Trinajstić information content (AvgIpc) is 3.40. The number of nitrogens with one attached hydrogen (secondary N) is 1. The number of anilines is 2. The van der Waals surface area contributed by atoms with E-state index in [0.717, 1.165) is 57.7 Å². The zero-order chi connectivity index (χ0) is 28.0. The molecule has 2 atom stereocenters. The Kier molecular flexibility index (Phi) is 7.33. The van der Waals surface area contributed by atoms with Crippen molar-refractivity contribution < 1.29 is 14.3 Å². The van der Waals surface area contributed by atoms with Crippen LogP contribution in [0.2, 0.25) is 5.02 Å². The van der Waals surface area contributed by atoms with E-state index >= 15 is 0 Å². The minimum absolute atomic E-state index is 0.316. The van der Waals surface area contributed by atoms with E-state index in [1.54, 1.807) is 16.6 Å². The van der Waals surface area contributed by atoms with Crippen LogP contribution in [0.15, 0.2) is 30.6 Å². The maximum absolute atomic E-state index is 14.6. The summed E-state index contributed by atoms with van der Waals surface area (Å²) in [5, 5.41) is 17.6. The zero-order valence-corrected chi connectivity index (χ0v) is 23.8. The quantitative estimate of drug-likeness (QED) is 0.397. The highest BCUT2D eigenvalue weighted by molar-refractivity contribution is 6.30. The fourth-order valence-electron chi connectivity index (χ4n) is 6.99. The summed E-state index contributed by atoms with van der Waals surface area (Å²) in [6, 6.07) is 6.79. The number of benzene rings is 1. The number of carboxylic acids is 1. The van der Waals surface area contributed by atoms with Gasteiger partial charge in [0.1, 0.15) is 23.8 Å². The molecule has 1 saturated carbocycles. The first-order valence-electron chi connectivity index (χ1n) is 14.3. The number of halogens is 2. The first-order valence-corrected chi connectivity index (χ1v) is 14.7. The van der Waals surface area contributed by atoms with E-state index in [0.29, 0.717) is 40.1 Å². The predicted molar refractivity (Wildman–Crippen MR) is 152 cm³/mol. The third-order valence-corrected chi connectivity index (χ3v) is 9.69. The number of likely N-dealkylation sites (tertiary alicyclic amines) is 1. The number of carbonyl (C=O) groups is 1. The van der Waals surface area contributed by atoms with Gasteiger partial charge in [0.15, 0.2) is 0 Å². The Labute approximate surface area is 238 Å². The first-order chi connectivity index (χ1) is 19.2. The van der Waals surface area contributed by atoms with Crippen molar-refractivity contribution in [1.82, 2.24) is 24.5 Å². The highest BCUT2D eigenvalue weighted by Crippen LogP contribution is 2.45. The van der Waals surface area contributed by atoms with Gasteiger partial charge in [0, 0.05) is 42.3 Å². The molecule has 0 unspecified atom stereocenters. The van der Waals surface area contributed by atoms with Crippen LogP contribution in [0.4, 0.5) is 16.0 Å². The monoisotopic (exact) mass is 569 g/mol. The van der Waals surface area contributed by atoms with Crippen LogP contribution in [-0.4, -0.2) is 67.8 Å². The number of aliphatic carboxylic acids is 1. The lowest BCUT2D eigenvalue weighted by molar-refractivity contribution is -0.158. The third-order valence-electron chi connectivity index (χ3n) is 9.46. The summed E-state index contributed by atoms with van der Waals surface area (Å²) in [5.41, 5.74) is -0.0246. The maximum atomic E-state index is 14.6. The van der Waals surface area contributed by atoms with Crippen molar-refractivity contribution in [2.75, 3.05) is 36.4 Å². The number of fused-ring (bicyclic) bond motifs is 1. The molecule has 214 valence electrons. The average molecular weight is 570 g/mol. The fraction of sp³-hybridized carbons (Fsp3) is 0.586. The molecule has 1 aromatic carbocycles. The summed E-state index contributed by atoms with van der Waals surface area (Å²) < 4.78 is 16.2. The Morgan fingerprint density at radius 1 is 1.18 bits per heavy atom. The molecule has 1 aliphatic carbocycles. The molecule has 3 aromatic rings. The second-order valence-electron chi connectivity index (χ2n) is 12.2. The van der Waals surface area contributed by atoms with Crippen LogP contribution in [0, 0.1) is 23.1 Å². The van der Waals surface area contributed by atoms with Crippen LogP contribution in [0.1, 0.15) is 64.0 Å². The Hall–Kier alpha value is -2.98. The molecule has 0 amide bonds. The van der Waals surface area contributed by atoms with E-state index in [9.17, 15) is 14.3 Å². The molecule has 3 fully saturated rings. The molecule has 2 aliphatic heterocycles. The van der Waals surface area contributed by atoms with Crippen molar-refractivity contribution in [3.8, 4) is 0 Å². The zero-order valence-electron chi connectivity index (χ0n) is 23.1. The highest BCUT2D eigenvalue weighted by atomic mass is 35.5. The fourth-order valence-corrected chi connectivity index (χ4v) is 7.15. The minimum atomic E-state index is -0.660. The van der Waals surface area contributed by atoms with Crippen molar-refractivity contribution >= 4 is 35.0 Å². The maximum Gasteiger partial charge on any atom is 0.309 e. The lowest BCUT2D eigenvalue weighted by Crippen LogP contribution is -2.56. The molecule has 11 heteroatoms. The standard InChI is InChI=1S/C29H37ClFN7O2/c1-18(23-6-5-21(30)12-24(23)31)34-26-13-25(35-28-32-17-33-38(26)28)36-10-7-19(8-11-36)20-4-3-9-37(16-20)22-14-29(2,15-22)27(39)40/h5-6,12-13,17-20,22,34H,3-4,7-11,14-16H2,1-2H3,(H,39,40)/t18-,20+,22?,29?/m1/s1. The molecule has 40 heavy (non-hydrogen) atoms. The van der Waals surface area contributed by atoms with Crippen LogP contribution in [0.3, 0.4) is 0 Å². The SMILES string of the molecule is C[C@@H](Nc1cc(N2CCC([C@H]3CCCN(C4CC(C)(C(=O)O)C4)C3)CC2)nc2ncnn12)c1ccc(Cl)cc1F. The minimum Gasteiger partial charge on any atom is -0.481 e. The number of piperidine rings is 2. The summed E-state index contributed by atoms with van der Waals surface area (Å²) in [5.74, 6) is 2.36. The van der Waals surface area contributed by atoms with Gasteiger partial charge in [-0.25, -0.2) is 4.39 Å². The second kappa shape index (κ2) is 10.8. The summed E-state index contributed by atoms with van der Waals surface area (Å²) in [6.07, 6.45) is 7.66. The van der Waals surface area contributed by atoms with E-state index in [4.69, 9.17) is 16.6 Å². The molecule has 4 heterocycles. The van der Waals surface area contributed by atoms with Gasteiger partial charge in [0.05, 0.1) is 11.5 Å². The third kappa shape index (κ3) is 5.23. The summed E-state index contributed by atoms with van der Waals surface area (Å²) in [6.45, 7) is 7.79. The lowest BCUT2D eigenvalue weighted by Gasteiger charge is -2.51. The lowest BCUT2D eigenvalue weighted by atomic mass is 9.65. The molecule has 0 radical (unpaired) electrons. The van der Waals surface area contributed by atoms with Gasteiger partial charge in [-0.3, -0.25) is 4.79 Å². The van der Waals surface area contributed by atoms with Crippen LogP contribution in [-0.2, 0) is 4.79 Å². The summed E-state index contributed by atoms with van der Waals surface area (Å²) >= 11 is 5.94. The molecule has 2 N–H and O–H groups in total. The van der Waals surface area contributed by atoms with E-state index in [2.05, 4.69) is 25.2 Å². The van der Waals surface area contributed by atoms with E-state index in [-0.39, 0.29) is 11.9 Å². The van der Waals surface area contributed by atoms with Gasteiger partial charge in [-0.05, 0) is 82.9 Å². The number of aromatic nitrogens is 4. The smallest absolute Gasteiger partial charge is 0.309 e. The predicted octanol–water partition coefficient (Wildman–Crippen LogP) is 5.27. The Bertz CT molecular complexity index is 1390. The van der Waals surface area contributed by atoms with Gasteiger partial charge in [-0.1, -0.05) is 17.7 Å². The molecule has 3 aliphatic rings. The van der Waals surface area contributed by atoms with Crippen molar-refractivity contribution in [2.45, 2.75) is 64.5 Å². The van der Waals surface area contributed by atoms with Gasteiger partial charge in [-0.15, -0.1) is 0 Å². The van der Waals surface area contributed by atoms with Crippen LogP contribution >= 0.6 is 11.6 Å². The molecule has 9 nitrogen and oxygen atoms in total. The summed E-state index contributed by atoms with van der Waals surface area (Å²) in [7, 11) is 0. The summed E-state index contributed by atoms with van der Waals surface area (Å²) in [4.78, 5) is 25.5. The molecule has 0 bridgehead atoms. The molecule has 0 spiro atoms. The largest absolute Gasteiger partial charge is 0.481 e. The molecule has 2 aromatic heterocycles. The van der Waals surface area contributed by atoms with E-state index < -0.39 is 11.4 Å². The van der Waals surface area contributed by atoms with Crippen molar-refractivity contribution in [2.24, 2.45) is 17.3 Å². The van der Waals surface area contributed by atoms with Crippen molar-refractivity contribution in [3.05, 3.63) is 47.0 Å². The van der Waals surface area contributed by atoms with Crippen LogP contribution in [0.5, 0.6) is 0 Å². The van der Waals surface area contributed by atoms with E-state index in [1.165, 1.54) is 25.2 Å². The Morgan fingerprint density at radius 2 is 1.95 bits per heavy atom. The molecular weight excluding hydrogens is 533 g/mol. The van der Waals surface area contributed by atoms with Crippen LogP contribution < -0.4 is 10.2 Å². The number of hydrogen-bond acceptors (Lipinski definition) is 7. The highest BCUT2D eigenvalue weighted by Gasteiger charge is 2.49. The number of carboxylic acid groups (broad SMARTS) is 1. The van der Waals surface area contributed by atoms with Gasteiger partial charge < -0.3 is 20.2 Å². The van der Waals surface area contributed by atoms with Crippen molar-refractivity contribution in [1.29, 1.82) is 0 Å². The number of nitrogens with zero attached hydrogens (tertiary/aromatic N) is 6. The van der Waals surface area contributed by atoms with Gasteiger partial charge in [0.2, 0.25) is 0 Å². The molecule has 6 rings (SSSR count). The molecule has 2 saturated heterocycles. The second-order valence-corrected chi connectivity index (χ2v) is 12.6. The van der Waals surface area contributed by atoms with Crippen molar-refractivity contribution in [3.63, 3.8) is 0 Å². The van der Waals surface area contributed by atoms with Crippen LogP contribution in [0.25, 0.3) is 5.78 Å². The van der Waals surface area contributed by atoms with E-state index in [1.807, 2.05) is 19.9 Å². The number of hydrogen-bond donors (Lipinski definition) is 2. The number of rotatable bonds is 7. The van der Waals surface area contributed by atoms with Gasteiger partial charge >= 0.3 is 5.97 Å². The normalized spacial score (nSPS) is 26.9. The Morgan fingerprint density at radius 3 is 2.67 bits per heavy atom. The van der Waals surface area contributed by atoms with Gasteiger partial charge in [0.25, 0.3) is 5.78 Å². The topological polar surface area (TPSA) is 98.9 Å². The first kappa shape index (κ1) is 27.2. The molecular formula is C29H37ClFN7O2. The van der Waals surface area contributed by atoms with Gasteiger partial charge in [-0.2, -0.15) is 19.6 Å². The Balaban J connectivity index is 1.10.